The number of benzene rings is 1. The summed E-state index contributed by atoms with van der Waals surface area (Å²) in [6.07, 6.45) is 3.19. The SMILES string of the molecule is CCCN1CCC(N(C)C(=O)Nc2ccc(F)cc2)CC1. The van der Waals surface area contributed by atoms with Gasteiger partial charge in [0.15, 0.2) is 0 Å². The first kappa shape index (κ1) is 15.8. The van der Waals surface area contributed by atoms with Crippen LogP contribution in [0.1, 0.15) is 26.2 Å². The maximum absolute atomic E-state index is 12.8. The first-order valence-corrected chi connectivity index (χ1v) is 7.62. The second kappa shape index (κ2) is 7.41. The highest BCUT2D eigenvalue weighted by molar-refractivity contribution is 5.89. The Balaban J connectivity index is 1.84. The molecular formula is C16H24FN3O. The Kier molecular flexibility index (Phi) is 5.56. The summed E-state index contributed by atoms with van der Waals surface area (Å²) in [5, 5.41) is 2.81. The van der Waals surface area contributed by atoms with E-state index in [1.54, 1.807) is 17.0 Å². The van der Waals surface area contributed by atoms with Gasteiger partial charge in [-0.25, -0.2) is 9.18 Å². The minimum atomic E-state index is -0.301. The smallest absolute Gasteiger partial charge is 0.321 e. The summed E-state index contributed by atoms with van der Waals surface area (Å²) in [6, 6.07) is 5.99. The monoisotopic (exact) mass is 293 g/mol. The van der Waals surface area contributed by atoms with Crippen molar-refractivity contribution in [2.75, 3.05) is 32.0 Å². The molecule has 1 heterocycles. The number of rotatable bonds is 4. The van der Waals surface area contributed by atoms with Crippen molar-refractivity contribution >= 4 is 11.7 Å². The van der Waals surface area contributed by atoms with Gasteiger partial charge in [0.05, 0.1) is 0 Å². The Morgan fingerprint density at radius 3 is 2.52 bits per heavy atom. The second-order valence-electron chi connectivity index (χ2n) is 5.62. The van der Waals surface area contributed by atoms with Crippen molar-refractivity contribution in [2.45, 2.75) is 32.2 Å². The largest absolute Gasteiger partial charge is 0.325 e. The number of carbonyl (C=O) groups excluding carboxylic acids is 1. The first-order chi connectivity index (χ1) is 10.1. The van der Waals surface area contributed by atoms with E-state index in [0.29, 0.717) is 5.69 Å². The fourth-order valence-electron chi connectivity index (χ4n) is 2.76. The number of nitrogens with zero attached hydrogens (tertiary/aromatic N) is 2. The molecule has 4 nitrogen and oxygen atoms in total. The van der Waals surface area contributed by atoms with Crippen LogP contribution in [0, 0.1) is 5.82 Å². The van der Waals surface area contributed by atoms with Gasteiger partial charge in [-0.1, -0.05) is 6.92 Å². The third-order valence-electron chi connectivity index (χ3n) is 4.06. The number of anilines is 1. The Bertz CT molecular complexity index is 455. The molecule has 5 heteroatoms. The molecule has 0 atom stereocenters. The summed E-state index contributed by atoms with van der Waals surface area (Å²) in [4.78, 5) is 16.4. The summed E-state index contributed by atoms with van der Waals surface area (Å²) in [7, 11) is 1.83. The highest BCUT2D eigenvalue weighted by atomic mass is 19.1. The molecule has 1 N–H and O–H groups in total. The maximum Gasteiger partial charge on any atom is 0.321 e. The van der Waals surface area contributed by atoms with Crippen molar-refractivity contribution in [1.29, 1.82) is 0 Å². The third-order valence-corrected chi connectivity index (χ3v) is 4.06. The lowest BCUT2D eigenvalue weighted by atomic mass is 10.0. The summed E-state index contributed by atoms with van der Waals surface area (Å²) in [5.74, 6) is -0.301. The predicted molar refractivity (Wildman–Crippen MR) is 82.9 cm³/mol. The Morgan fingerprint density at radius 2 is 1.95 bits per heavy atom. The number of hydrogen-bond acceptors (Lipinski definition) is 2. The van der Waals surface area contributed by atoms with Crippen LogP contribution in [0.2, 0.25) is 0 Å². The van der Waals surface area contributed by atoms with E-state index in [9.17, 15) is 9.18 Å². The van der Waals surface area contributed by atoms with Crippen LogP contribution in [0.25, 0.3) is 0 Å². The van der Waals surface area contributed by atoms with Gasteiger partial charge in [0.25, 0.3) is 0 Å². The summed E-state index contributed by atoms with van der Waals surface area (Å²) >= 11 is 0. The molecule has 1 aliphatic heterocycles. The number of nitrogens with one attached hydrogen (secondary N) is 1. The molecule has 0 spiro atoms. The van der Waals surface area contributed by atoms with Gasteiger partial charge in [-0.15, -0.1) is 0 Å². The molecule has 2 amide bonds. The van der Waals surface area contributed by atoms with Crippen molar-refractivity contribution in [2.24, 2.45) is 0 Å². The van der Waals surface area contributed by atoms with Crippen molar-refractivity contribution in [1.82, 2.24) is 9.80 Å². The van der Waals surface area contributed by atoms with Gasteiger partial charge in [-0.2, -0.15) is 0 Å². The van der Waals surface area contributed by atoms with E-state index in [0.717, 1.165) is 32.5 Å². The molecule has 21 heavy (non-hydrogen) atoms. The Hall–Kier alpha value is -1.62. The van der Waals surface area contributed by atoms with E-state index in [4.69, 9.17) is 0 Å². The number of urea groups is 1. The average Bonchev–Trinajstić information content (AvgIpc) is 2.50. The van der Waals surface area contributed by atoms with E-state index in [1.165, 1.54) is 18.6 Å². The van der Waals surface area contributed by atoms with Gasteiger partial charge in [0.2, 0.25) is 0 Å². The van der Waals surface area contributed by atoms with E-state index < -0.39 is 0 Å². The standard InChI is InChI=1S/C16H24FN3O/c1-3-10-20-11-8-15(9-12-20)19(2)16(21)18-14-6-4-13(17)5-7-14/h4-7,15H,3,8-12H2,1-2H3,(H,18,21). The summed E-state index contributed by atoms with van der Waals surface area (Å²) < 4.78 is 12.8. The molecule has 1 aliphatic rings. The van der Waals surface area contributed by atoms with Crippen molar-refractivity contribution in [3.05, 3.63) is 30.1 Å². The lowest BCUT2D eigenvalue weighted by molar-refractivity contribution is 0.141. The van der Waals surface area contributed by atoms with Crippen molar-refractivity contribution in [3.63, 3.8) is 0 Å². The molecule has 116 valence electrons. The van der Waals surface area contributed by atoms with Gasteiger partial charge in [-0.05, 0) is 50.1 Å². The fraction of sp³-hybridized carbons (Fsp3) is 0.562. The summed E-state index contributed by atoms with van der Waals surface area (Å²) in [5.41, 5.74) is 0.622. The van der Waals surface area contributed by atoms with Crippen LogP contribution < -0.4 is 5.32 Å². The Labute approximate surface area is 125 Å². The third kappa shape index (κ3) is 4.43. The number of carbonyl (C=O) groups is 1. The molecule has 2 rings (SSSR count). The number of piperidine rings is 1. The molecule has 0 aromatic heterocycles. The van der Waals surface area contributed by atoms with Crippen LogP contribution >= 0.6 is 0 Å². The molecule has 1 aromatic carbocycles. The van der Waals surface area contributed by atoms with Gasteiger partial charge in [-0.3, -0.25) is 0 Å². The maximum atomic E-state index is 12.8. The topological polar surface area (TPSA) is 35.6 Å². The van der Waals surface area contributed by atoms with Crippen LogP contribution in [-0.2, 0) is 0 Å². The number of likely N-dealkylation sites (tertiary alicyclic amines) is 1. The Morgan fingerprint density at radius 1 is 1.33 bits per heavy atom. The molecule has 1 aromatic rings. The minimum absolute atomic E-state index is 0.129. The van der Waals surface area contributed by atoms with Crippen LogP contribution in [0.3, 0.4) is 0 Å². The van der Waals surface area contributed by atoms with E-state index in [1.807, 2.05) is 7.05 Å². The molecule has 0 saturated carbocycles. The van der Waals surface area contributed by atoms with E-state index in [2.05, 4.69) is 17.1 Å². The van der Waals surface area contributed by atoms with Gasteiger partial charge < -0.3 is 15.1 Å². The predicted octanol–water partition coefficient (Wildman–Crippen LogP) is 3.16. The lowest BCUT2D eigenvalue weighted by Crippen LogP contribution is -2.47. The van der Waals surface area contributed by atoms with Crippen LogP contribution in [0.4, 0.5) is 14.9 Å². The number of halogens is 1. The van der Waals surface area contributed by atoms with Crippen molar-refractivity contribution in [3.8, 4) is 0 Å². The van der Waals surface area contributed by atoms with Crippen molar-refractivity contribution < 1.29 is 9.18 Å². The average molecular weight is 293 g/mol. The number of hydrogen-bond donors (Lipinski definition) is 1. The second-order valence-corrected chi connectivity index (χ2v) is 5.62. The molecule has 0 bridgehead atoms. The molecule has 0 unspecified atom stereocenters. The van der Waals surface area contributed by atoms with E-state index in [-0.39, 0.29) is 17.9 Å². The van der Waals surface area contributed by atoms with E-state index >= 15 is 0 Å². The quantitative estimate of drug-likeness (QED) is 0.925. The molecule has 0 aliphatic carbocycles. The fourth-order valence-corrected chi connectivity index (χ4v) is 2.76. The van der Waals surface area contributed by atoms with Crippen LogP contribution in [0.15, 0.2) is 24.3 Å². The van der Waals surface area contributed by atoms with Crippen LogP contribution in [0.5, 0.6) is 0 Å². The molecule has 0 radical (unpaired) electrons. The zero-order valence-electron chi connectivity index (χ0n) is 12.8. The summed E-state index contributed by atoms with van der Waals surface area (Å²) in [6.45, 7) is 5.42. The molecule has 1 saturated heterocycles. The number of amides is 2. The van der Waals surface area contributed by atoms with Gasteiger partial charge >= 0.3 is 6.03 Å². The van der Waals surface area contributed by atoms with Gasteiger partial charge in [0.1, 0.15) is 5.82 Å². The lowest BCUT2D eigenvalue weighted by Gasteiger charge is -2.36. The minimum Gasteiger partial charge on any atom is -0.325 e. The van der Waals surface area contributed by atoms with Gasteiger partial charge in [0, 0.05) is 31.9 Å². The first-order valence-electron chi connectivity index (χ1n) is 7.62. The molecule has 1 fully saturated rings. The zero-order chi connectivity index (χ0) is 15.2. The normalized spacial score (nSPS) is 16.7. The molecular weight excluding hydrogens is 269 g/mol. The zero-order valence-corrected chi connectivity index (χ0v) is 12.8. The highest BCUT2D eigenvalue weighted by Crippen LogP contribution is 2.17. The van der Waals surface area contributed by atoms with Crippen LogP contribution in [-0.4, -0.2) is 48.6 Å². The highest BCUT2D eigenvalue weighted by Gasteiger charge is 2.24.